The number of ether oxygens (including phenoxy) is 1. The van der Waals surface area contributed by atoms with Gasteiger partial charge in [-0.3, -0.25) is 14.5 Å². The van der Waals surface area contributed by atoms with Crippen molar-refractivity contribution in [3.63, 3.8) is 0 Å². The van der Waals surface area contributed by atoms with Gasteiger partial charge in [-0.1, -0.05) is 46.3 Å². The fourth-order valence-corrected chi connectivity index (χ4v) is 6.04. The van der Waals surface area contributed by atoms with Gasteiger partial charge in [-0.2, -0.15) is 0 Å². The SMILES string of the molecule is Cc1ccccc1C(=O)N1CCC(C(=O)N(C[C@H]2CCCO2)c2nc(-c3ccc(Br)cc3)cs2)CC1. The second-order valence-electron chi connectivity index (χ2n) is 9.49. The number of anilines is 1. The first-order valence-electron chi connectivity index (χ1n) is 12.5. The molecule has 3 aromatic rings. The summed E-state index contributed by atoms with van der Waals surface area (Å²) in [4.78, 5) is 35.4. The molecule has 2 amide bonds. The van der Waals surface area contributed by atoms with E-state index in [0.717, 1.165) is 46.3 Å². The summed E-state index contributed by atoms with van der Waals surface area (Å²) in [6, 6.07) is 15.7. The first-order chi connectivity index (χ1) is 17.5. The van der Waals surface area contributed by atoms with E-state index < -0.39 is 0 Å². The summed E-state index contributed by atoms with van der Waals surface area (Å²) in [5.74, 6) is 0.00632. The van der Waals surface area contributed by atoms with E-state index in [1.165, 1.54) is 11.3 Å². The van der Waals surface area contributed by atoms with Gasteiger partial charge in [-0.05, 0) is 56.4 Å². The van der Waals surface area contributed by atoms with E-state index >= 15 is 0 Å². The van der Waals surface area contributed by atoms with Gasteiger partial charge < -0.3 is 9.64 Å². The van der Waals surface area contributed by atoms with Gasteiger partial charge in [0.1, 0.15) is 0 Å². The molecule has 0 unspecified atom stereocenters. The third-order valence-electron chi connectivity index (χ3n) is 7.05. The summed E-state index contributed by atoms with van der Waals surface area (Å²) in [6.45, 7) is 4.39. The molecule has 3 heterocycles. The van der Waals surface area contributed by atoms with Crippen LogP contribution in [-0.2, 0) is 9.53 Å². The highest BCUT2D eigenvalue weighted by atomic mass is 79.9. The second kappa shape index (κ2) is 11.2. The molecule has 0 saturated carbocycles. The molecule has 0 N–H and O–H groups in total. The standard InChI is InChI=1S/C28H30BrN3O3S/c1-19-5-2-3-7-24(19)27(34)31-14-12-21(13-15-31)26(33)32(17-23-6-4-16-35-23)28-30-25(18-36-28)20-8-10-22(29)11-9-20/h2-3,5,7-11,18,21,23H,4,6,12-17H2,1H3/t23-/m1/s1. The summed E-state index contributed by atoms with van der Waals surface area (Å²) in [7, 11) is 0. The highest BCUT2D eigenvalue weighted by Gasteiger charge is 2.34. The number of amides is 2. The molecule has 1 atom stereocenters. The van der Waals surface area contributed by atoms with Crippen molar-refractivity contribution in [3.8, 4) is 11.3 Å². The number of aromatic nitrogens is 1. The van der Waals surface area contributed by atoms with Crippen LogP contribution < -0.4 is 4.90 Å². The van der Waals surface area contributed by atoms with Crippen molar-refractivity contribution in [2.45, 2.75) is 38.7 Å². The van der Waals surface area contributed by atoms with Crippen molar-refractivity contribution in [2.75, 3.05) is 31.1 Å². The molecule has 6 nitrogen and oxygen atoms in total. The Labute approximate surface area is 224 Å². The summed E-state index contributed by atoms with van der Waals surface area (Å²) in [6.07, 6.45) is 3.33. The molecule has 2 aliphatic heterocycles. The van der Waals surface area contributed by atoms with Crippen molar-refractivity contribution >= 4 is 44.2 Å². The minimum atomic E-state index is -0.132. The zero-order valence-corrected chi connectivity index (χ0v) is 22.8. The third kappa shape index (κ3) is 5.56. The van der Waals surface area contributed by atoms with Crippen LogP contribution in [0.1, 0.15) is 41.6 Å². The third-order valence-corrected chi connectivity index (χ3v) is 8.44. The molecule has 2 saturated heterocycles. The normalized spacial score (nSPS) is 18.4. The predicted octanol–water partition coefficient (Wildman–Crippen LogP) is 5.95. The van der Waals surface area contributed by atoms with Crippen LogP contribution in [0.5, 0.6) is 0 Å². The molecule has 2 aliphatic rings. The van der Waals surface area contributed by atoms with Crippen molar-refractivity contribution in [2.24, 2.45) is 5.92 Å². The van der Waals surface area contributed by atoms with E-state index in [-0.39, 0.29) is 23.8 Å². The molecule has 0 radical (unpaired) electrons. The monoisotopic (exact) mass is 567 g/mol. The summed E-state index contributed by atoms with van der Waals surface area (Å²) in [5.41, 5.74) is 3.61. The van der Waals surface area contributed by atoms with Crippen LogP contribution in [0, 0.1) is 12.8 Å². The maximum absolute atomic E-state index is 13.8. The first-order valence-corrected chi connectivity index (χ1v) is 14.2. The fourth-order valence-electron chi connectivity index (χ4n) is 4.93. The van der Waals surface area contributed by atoms with Crippen LogP contribution in [0.25, 0.3) is 11.3 Å². The first kappa shape index (κ1) is 25.1. The van der Waals surface area contributed by atoms with Crippen LogP contribution in [0.3, 0.4) is 0 Å². The largest absolute Gasteiger partial charge is 0.376 e. The number of piperidine rings is 1. The average Bonchev–Trinajstić information content (AvgIpc) is 3.60. The Morgan fingerprint density at radius 1 is 1.11 bits per heavy atom. The summed E-state index contributed by atoms with van der Waals surface area (Å²) in [5, 5.41) is 2.73. The quantitative estimate of drug-likeness (QED) is 0.369. The predicted molar refractivity (Wildman–Crippen MR) is 146 cm³/mol. The van der Waals surface area contributed by atoms with E-state index in [4.69, 9.17) is 9.72 Å². The number of benzene rings is 2. The van der Waals surface area contributed by atoms with Crippen molar-refractivity contribution in [1.82, 2.24) is 9.88 Å². The number of carbonyl (C=O) groups is 2. The van der Waals surface area contributed by atoms with E-state index in [1.54, 1.807) is 0 Å². The molecular formula is C28H30BrN3O3S. The van der Waals surface area contributed by atoms with Crippen LogP contribution in [-0.4, -0.2) is 54.0 Å². The fraction of sp³-hybridized carbons (Fsp3) is 0.393. The molecule has 0 aliphatic carbocycles. The number of carbonyl (C=O) groups excluding carboxylic acids is 2. The van der Waals surface area contributed by atoms with Gasteiger partial charge in [0.15, 0.2) is 5.13 Å². The molecular weight excluding hydrogens is 538 g/mol. The van der Waals surface area contributed by atoms with Gasteiger partial charge in [-0.15, -0.1) is 11.3 Å². The van der Waals surface area contributed by atoms with Crippen LogP contribution in [0.2, 0.25) is 0 Å². The molecule has 0 spiro atoms. The summed E-state index contributed by atoms with van der Waals surface area (Å²) < 4.78 is 6.90. The zero-order valence-electron chi connectivity index (χ0n) is 20.4. The topological polar surface area (TPSA) is 62.7 Å². The highest BCUT2D eigenvalue weighted by Crippen LogP contribution is 2.32. The lowest BCUT2D eigenvalue weighted by atomic mass is 9.94. The van der Waals surface area contributed by atoms with Gasteiger partial charge in [-0.25, -0.2) is 4.98 Å². The Morgan fingerprint density at radius 3 is 2.56 bits per heavy atom. The number of hydrogen-bond acceptors (Lipinski definition) is 5. The maximum atomic E-state index is 13.8. The Hall–Kier alpha value is -2.55. The lowest BCUT2D eigenvalue weighted by Gasteiger charge is -2.34. The highest BCUT2D eigenvalue weighted by molar-refractivity contribution is 9.10. The molecule has 2 aromatic carbocycles. The smallest absolute Gasteiger partial charge is 0.254 e. The Balaban J connectivity index is 1.30. The number of hydrogen-bond donors (Lipinski definition) is 0. The Bertz CT molecular complexity index is 1210. The van der Waals surface area contributed by atoms with Crippen molar-refractivity contribution < 1.29 is 14.3 Å². The van der Waals surface area contributed by atoms with E-state index in [2.05, 4.69) is 15.9 Å². The zero-order chi connectivity index (χ0) is 25.1. The van der Waals surface area contributed by atoms with E-state index in [0.29, 0.717) is 37.6 Å². The number of thiazole rings is 1. The molecule has 8 heteroatoms. The minimum absolute atomic E-state index is 0.0386. The van der Waals surface area contributed by atoms with Crippen LogP contribution >= 0.6 is 27.3 Å². The average molecular weight is 569 g/mol. The molecule has 36 heavy (non-hydrogen) atoms. The van der Waals surface area contributed by atoms with Gasteiger partial charge in [0.2, 0.25) is 5.91 Å². The molecule has 0 bridgehead atoms. The Kier molecular flexibility index (Phi) is 7.84. The van der Waals surface area contributed by atoms with Gasteiger partial charge in [0, 0.05) is 46.6 Å². The number of aryl methyl sites for hydroxylation is 1. The Morgan fingerprint density at radius 2 is 1.86 bits per heavy atom. The molecule has 5 rings (SSSR count). The number of rotatable bonds is 6. The van der Waals surface area contributed by atoms with Crippen LogP contribution in [0.15, 0.2) is 58.4 Å². The summed E-state index contributed by atoms with van der Waals surface area (Å²) >= 11 is 4.98. The molecule has 188 valence electrons. The van der Waals surface area contributed by atoms with Gasteiger partial charge in [0.25, 0.3) is 5.91 Å². The number of halogens is 1. The van der Waals surface area contributed by atoms with E-state index in [1.807, 2.05) is 70.6 Å². The van der Waals surface area contributed by atoms with Gasteiger partial charge >= 0.3 is 0 Å². The van der Waals surface area contributed by atoms with Crippen molar-refractivity contribution in [1.29, 1.82) is 0 Å². The number of nitrogens with zero attached hydrogens (tertiary/aromatic N) is 3. The van der Waals surface area contributed by atoms with E-state index in [9.17, 15) is 9.59 Å². The number of likely N-dealkylation sites (tertiary alicyclic amines) is 1. The van der Waals surface area contributed by atoms with Crippen molar-refractivity contribution in [3.05, 3.63) is 69.5 Å². The lowest BCUT2D eigenvalue weighted by Crippen LogP contribution is -2.46. The van der Waals surface area contributed by atoms with Gasteiger partial charge in [0.05, 0.1) is 18.3 Å². The second-order valence-corrected chi connectivity index (χ2v) is 11.2. The molecule has 2 fully saturated rings. The maximum Gasteiger partial charge on any atom is 0.254 e. The minimum Gasteiger partial charge on any atom is -0.376 e. The molecule has 1 aromatic heterocycles. The lowest BCUT2D eigenvalue weighted by molar-refractivity contribution is -0.124. The van der Waals surface area contributed by atoms with Crippen LogP contribution in [0.4, 0.5) is 5.13 Å².